The number of carbonyl (C=O) groups excluding carboxylic acids is 2. The van der Waals surface area contributed by atoms with Crippen LogP contribution in [0, 0.1) is 0 Å². The molecule has 2 heterocycles. The van der Waals surface area contributed by atoms with Crippen molar-refractivity contribution in [3.05, 3.63) is 106 Å². The van der Waals surface area contributed by atoms with Gasteiger partial charge in [-0.2, -0.15) is 0 Å². The Labute approximate surface area is 217 Å². The van der Waals surface area contributed by atoms with Crippen LogP contribution in [0.5, 0.6) is 0 Å². The normalized spacial score (nSPS) is 18.8. The van der Waals surface area contributed by atoms with Crippen molar-refractivity contribution < 1.29 is 9.59 Å². The number of carbonyl (C=O) groups is 2. The lowest BCUT2D eigenvalue weighted by Gasteiger charge is -2.18. The molecule has 0 N–H and O–H groups in total. The summed E-state index contributed by atoms with van der Waals surface area (Å²) >= 11 is 2.96. The number of nitrogens with zero attached hydrogens (tertiary/aromatic N) is 3. The first kappa shape index (κ1) is 28.2. The van der Waals surface area contributed by atoms with E-state index in [2.05, 4.69) is 47.9 Å². The Bertz CT molecular complexity index is 1110. The molecule has 1 aromatic rings. The molecule has 5 nitrogen and oxygen atoms in total. The number of thioether (sulfide) groups is 2. The zero-order valence-corrected chi connectivity index (χ0v) is 22.7. The van der Waals surface area contributed by atoms with Crippen molar-refractivity contribution in [3.63, 3.8) is 0 Å². The van der Waals surface area contributed by atoms with Crippen LogP contribution < -0.4 is 0 Å². The molecule has 1 fully saturated rings. The van der Waals surface area contributed by atoms with E-state index in [1.807, 2.05) is 43.5 Å². The van der Waals surface area contributed by atoms with Crippen molar-refractivity contribution in [2.24, 2.45) is 4.99 Å². The molecule has 1 amide bonds. The molecule has 1 aromatic carbocycles. The van der Waals surface area contributed by atoms with Crippen LogP contribution in [0.3, 0.4) is 0 Å². The third-order valence-electron chi connectivity index (χ3n) is 4.80. The molecule has 3 rings (SSSR count). The van der Waals surface area contributed by atoms with Crippen LogP contribution >= 0.6 is 23.5 Å². The smallest absolute Gasteiger partial charge is 0.269 e. The Hall–Kier alpha value is -3.03. The van der Waals surface area contributed by atoms with Crippen molar-refractivity contribution in [3.8, 4) is 0 Å². The maximum Gasteiger partial charge on any atom is 0.269 e. The van der Waals surface area contributed by atoms with Crippen LogP contribution in [0.1, 0.15) is 26.3 Å². The highest BCUT2D eigenvalue weighted by molar-refractivity contribution is 8.19. The molecule has 0 saturated carbocycles. The van der Waals surface area contributed by atoms with E-state index < -0.39 is 0 Å². The van der Waals surface area contributed by atoms with E-state index in [4.69, 9.17) is 0 Å². The van der Waals surface area contributed by atoms with Crippen molar-refractivity contribution in [1.82, 2.24) is 9.80 Å². The van der Waals surface area contributed by atoms with E-state index in [1.165, 1.54) is 41.6 Å². The highest BCUT2D eigenvalue weighted by Crippen LogP contribution is 2.43. The number of amidine groups is 1. The maximum atomic E-state index is 12.7. The zero-order valence-electron chi connectivity index (χ0n) is 21.0. The number of hydrogen-bond acceptors (Lipinski definition) is 6. The molecule has 0 aliphatic carbocycles. The minimum atomic E-state index is -0.0435. The summed E-state index contributed by atoms with van der Waals surface area (Å²) < 4.78 is 0. The average molecular weight is 508 g/mol. The topological polar surface area (TPSA) is 53.0 Å². The predicted octanol–water partition coefficient (Wildman–Crippen LogP) is 6.32. The third-order valence-corrected chi connectivity index (χ3v) is 7.18. The van der Waals surface area contributed by atoms with Gasteiger partial charge in [-0.15, -0.1) is 0 Å². The minimum absolute atomic E-state index is 0.0116. The third kappa shape index (κ3) is 8.92. The number of benzene rings is 1. The van der Waals surface area contributed by atoms with E-state index >= 15 is 0 Å². The molecule has 0 aromatic heterocycles. The Morgan fingerprint density at radius 3 is 2.43 bits per heavy atom. The van der Waals surface area contributed by atoms with Crippen molar-refractivity contribution in [2.75, 3.05) is 20.6 Å². The average Bonchev–Trinajstić information content (AvgIpc) is 3.31. The van der Waals surface area contributed by atoms with Gasteiger partial charge in [-0.05, 0) is 49.6 Å². The van der Waals surface area contributed by atoms with Gasteiger partial charge in [-0.1, -0.05) is 84.6 Å². The molecule has 0 radical (unpaired) electrons. The molecule has 35 heavy (non-hydrogen) atoms. The second-order valence-electron chi connectivity index (χ2n) is 8.05. The Balaban J connectivity index is 0.000000466. The van der Waals surface area contributed by atoms with Gasteiger partial charge in [0.25, 0.3) is 5.91 Å². The fourth-order valence-corrected chi connectivity index (χ4v) is 5.19. The van der Waals surface area contributed by atoms with Crippen LogP contribution in [0.2, 0.25) is 0 Å². The standard InChI is InChI=1S/C20H21N3O2S2.C8H12/c1-14(24)8-7-11-21-20-23(3)18(25)17(27-20)19-22(2)16(13-26-19)12-15-9-5-4-6-10-15;1-4-5-6-7-8(2)3/h4-10,13H,11-12H2,1-3H3;4-7H,1H2,2-3H3/b8-7+,19-17-,21-20?;6-5-. The summed E-state index contributed by atoms with van der Waals surface area (Å²) in [7, 11) is 3.73. The molecule has 0 spiro atoms. The van der Waals surface area contributed by atoms with Crippen molar-refractivity contribution in [1.29, 1.82) is 0 Å². The van der Waals surface area contributed by atoms with Crippen molar-refractivity contribution >= 4 is 40.4 Å². The van der Waals surface area contributed by atoms with Gasteiger partial charge in [0.05, 0.1) is 11.6 Å². The van der Waals surface area contributed by atoms with Crippen LogP contribution in [0.15, 0.2) is 105 Å². The number of amides is 1. The minimum Gasteiger partial charge on any atom is -0.341 e. The van der Waals surface area contributed by atoms with E-state index in [-0.39, 0.29) is 11.7 Å². The van der Waals surface area contributed by atoms with E-state index in [0.717, 1.165) is 11.4 Å². The number of ketones is 1. The lowest BCUT2D eigenvalue weighted by Crippen LogP contribution is -2.25. The van der Waals surface area contributed by atoms with Crippen molar-refractivity contribution in [2.45, 2.75) is 27.2 Å². The van der Waals surface area contributed by atoms with Gasteiger partial charge in [0.2, 0.25) is 0 Å². The fraction of sp³-hybridized carbons (Fsp3) is 0.250. The second-order valence-corrected chi connectivity index (χ2v) is 9.89. The molecule has 0 unspecified atom stereocenters. The molecule has 0 atom stereocenters. The second kappa shape index (κ2) is 14.4. The SMILES string of the molecule is C=C/C=C\C=C(C)C.CC(=O)/C=C/CN=C1S/C(=C2\SC=C(Cc3ccccc3)N2C)C(=O)N1C. The molecule has 184 valence electrons. The Morgan fingerprint density at radius 1 is 1.09 bits per heavy atom. The highest BCUT2D eigenvalue weighted by Gasteiger charge is 2.35. The Morgan fingerprint density at radius 2 is 1.80 bits per heavy atom. The first-order valence-corrected chi connectivity index (χ1v) is 12.9. The molecule has 0 bridgehead atoms. The predicted molar refractivity (Wildman–Crippen MR) is 152 cm³/mol. The largest absolute Gasteiger partial charge is 0.341 e. The molecular weight excluding hydrogens is 474 g/mol. The molecule has 7 heteroatoms. The van der Waals surface area contributed by atoms with Gasteiger partial charge in [-0.25, -0.2) is 0 Å². The zero-order chi connectivity index (χ0) is 25.8. The number of hydrogen-bond donors (Lipinski definition) is 0. The molecule has 1 saturated heterocycles. The Kier molecular flexibility index (Phi) is 11.6. The maximum absolute atomic E-state index is 12.7. The van der Waals surface area contributed by atoms with E-state index in [9.17, 15) is 9.59 Å². The summed E-state index contributed by atoms with van der Waals surface area (Å²) in [5.41, 5.74) is 3.71. The van der Waals surface area contributed by atoms with Gasteiger partial charge in [0, 0.05) is 26.2 Å². The number of rotatable bonds is 7. The summed E-state index contributed by atoms with van der Waals surface area (Å²) in [6.07, 6.45) is 11.7. The van der Waals surface area contributed by atoms with Crippen LogP contribution in [0.4, 0.5) is 0 Å². The van der Waals surface area contributed by atoms with Gasteiger partial charge in [-0.3, -0.25) is 19.5 Å². The number of likely N-dealkylation sites (N-methyl/N-ethyl adjacent to an activating group) is 2. The van der Waals surface area contributed by atoms with Gasteiger partial charge in [0.1, 0.15) is 4.91 Å². The van der Waals surface area contributed by atoms with E-state index in [1.54, 1.807) is 35.9 Å². The van der Waals surface area contributed by atoms with E-state index in [0.29, 0.717) is 16.6 Å². The fourth-order valence-electron chi connectivity index (χ4n) is 2.98. The van der Waals surface area contributed by atoms with Gasteiger partial charge < -0.3 is 4.90 Å². The number of aliphatic imine (C=N–C) groups is 1. The first-order chi connectivity index (χ1) is 16.7. The monoisotopic (exact) mass is 507 g/mol. The lowest BCUT2D eigenvalue weighted by molar-refractivity contribution is -0.121. The van der Waals surface area contributed by atoms with Crippen LogP contribution in [-0.2, 0) is 16.0 Å². The molecule has 2 aliphatic heterocycles. The summed E-state index contributed by atoms with van der Waals surface area (Å²) in [4.78, 5) is 32.4. The quantitative estimate of drug-likeness (QED) is 0.319. The summed E-state index contributed by atoms with van der Waals surface area (Å²) in [5, 5.41) is 3.70. The highest BCUT2D eigenvalue weighted by atomic mass is 32.2. The summed E-state index contributed by atoms with van der Waals surface area (Å²) in [5.74, 6) is -0.0551. The molecule has 2 aliphatic rings. The van der Waals surface area contributed by atoms with Crippen LogP contribution in [0.25, 0.3) is 0 Å². The van der Waals surface area contributed by atoms with Crippen LogP contribution in [-0.4, -0.2) is 47.3 Å². The number of allylic oxidation sites excluding steroid dienone is 7. The van der Waals surface area contributed by atoms with Gasteiger partial charge >= 0.3 is 0 Å². The first-order valence-electron chi connectivity index (χ1n) is 11.2. The van der Waals surface area contributed by atoms with Gasteiger partial charge in [0.15, 0.2) is 11.0 Å². The summed E-state index contributed by atoms with van der Waals surface area (Å²) in [6, 6.07) is 10.3. The summed E-state index contributed by atoms with van der Waals surface area (Å²) in [6.45, 7) is 9.54. The molecular formula is C28H33N3O2S2. The lowest BCUT2D eigenvalue weighted by atomic mass is 10.1.